The second-order valence-electron chi connectivity index (χ2n) is 5.90. The Hall–Kier alpha value is -2.59. The number of sulfonamides is 1. The summed E-state index contributed by atoms with van der Waals surface area (Å²) in [4.78, 5) is -1.00. The molecule has 0 aliphatic heterocycles. The van der Waals surface area contributed by atoms with Crippen LogP contribution in [0.3, 0.4) is 0 Å². The highest BCUT2D eigenvalue weighted by molar-refractivity contribution is 7.89. The Morgan fingerprint density at radius 1 is 1.15 bits per heavy atom. The molecule has 3 N–H and O–H groups in total. The number of fused-ring (bicyclic) bond motifs is 1. The predicted molar refractivity (Wildman–Crippen MR) is 91.1 cm³/mol. The number of furan rings is 1. The molecule has 144 valence electrons. The number of hydrogen-bond donors (Lipinski definition) is 2. The monoisotopic (exact) mass is 402 g/mol. The summed E-state index contributed by atoms with van der Waals surface area (Å²) in [7, 11) is -4.53. The maximum Gasteiger partial charge on any atom is 0.417 e. The van der Waals surface area contributed by atoms with Gasteiger partial charge in [0.1, 0.15) is 17.2 Å². The number of nitrogens with one attached hydrogen (secondary N) is 1. The van der Waals surface area contributed by atoms with Crippen LogP contribution in [0, 0.1) is 12.7 Å². The zero-order valence-electron chi connectivity index (χ0n) is 13.9. The lowest BCUT2D eigenvalue weighted by Crippen LogP contribution is -2.19. The average molecular weight is 402 g/mol. The van der Waals surface area contributed by atoms with Crippen molar-refractivity contribution in [2.24, 2.45) is 5.14 Å². The van der Waals surface area contributed by atoms with Gasteiger partial charge in [0.25, 0.3) is 0 Å². The molecule has 0 fully saturated rings. The third kappa shape index (κ3) is 3.91. The molecule has 0 saturated heterocycles. The van der Waals surface area contributed by atoms with E-state index in [1.807, 2.05) is 0 Å². The number of rotatable bonds is 4. The molecule has 0 spiro atoms. The molecule has 3 aromatic rings. The molecule has 5 nitrogen and oxygen atoms in total. The highest BCUT2D eigenvalue weighted by atomic mass is 32.2. The minimum atomic E-state index is -4.90. The first-order chi connectivity index (χ1) is 12.5. The van der Waals surface area contributed by atoms with Gasteiger partial charge < -0.3 is 9.73 Å². The molecule has 27 heavy (non-hydrogen) atoms. The number of alkyl halides is 3. The van der Waals surface area contributed by atoms with E-state index in [9.17, 15) is 26.0 Å². The summed E-state index contributed by atoms with van der Waals surface area (Å²) >= 11 is 0. The van der Waals surface area contributed by atoms with E-state index in [1.54, 1.807) is 6.92 Å². The third-order valence-electron chi connectivity index (χ3n) is 4.04. The van der Waals surface area contributed by atoms with E-state index in [2.05, 4.69) is 5.32 Å². The molecule has 0 amide bonds. The number of anilines is 1. The van der Waals surface area contributed by atoms with Crippen molar-refractivity contribution in [1.82, 2.24) is 0 Å². The molecule has 0 saturated carbocycles. The van der Waals surface area contributed by atoms with Crippen LogP contribution < -0.4 is 10.5 Å². The Labute approximate surface area is 151 Å². The van der Waals surface area contributed by atoms with Gasteiger partial charge in [-0.15, -0.1) is 0 Å². The molecule has 0 bridgehead atoms. The van der Waals surface area contributed by atoms with Gasteiger partial charge in [-0.25, -0.2) is 17.9 Å². The summed E-state index contributed by atoms with van der Waals surface area (Å²) in [6.45, 7) is 1.72. The van der Waals surface area contributed by atoms with Gasteiger partial charge >= 0.3 is 6.18 Å². The molecule has 10 heteroatoms. The van der Waals surface area contributed by atoms with Gasteiger partial charge in [0.05, 0.1) is 17.0 Å². The van der Waals surface area contributed by atoms with E-state index in [0.717, 1.165) is 6.07 Å². The second-order valence-corrected chi connectivity index (χ2v) is 7.43. The van der Waals surface area contributed by atoms with Crippen molar-refractivity contribution in [2.45, 2.75) is 24.5 Å². The van der Waals surface area contributed by atoms with E-state index in [-0.39, 0.29) is 12.2 Å². The van der Waals surface area contributed by atoms with Crippen LogP contribution in [0.2, 0.25) is 0 Å². The first kappa shape index (κ1) is 19.2. The van der Waals surface area contributed by atoms with Crippen LogP contribution in [0.4, 0.5) is 23.2 Å². The predicted octanol–water partition coefficient (Wildman–Crippen LogP) is 4.16. The van der Waals surface area contributed by atoms with Crippen molar-refractivity contribution in [1.29, 1.82) is 0 Å². The number of primary sulfonamides is 1. The van der Waals surface area contributed by atoms with Crippen LogP contribution in [-0.2, 0) is 22.7 Å². The summed E-state index contributed by atoms with van der Waals surface area (Å²) < 4.78 is 81.2. The normalized spacial score (nSPS) is 12.5. The molecule has 0 atom stereocenters. The minimum Gasteiger partial charge on any atom is -0.459 e. The van der Waals surface area contributed by atoms with Crippen LogP contribution in [0.15, 0.2) is 45.7 Å². The molecular weight excluding hydrogens is 388 g/mol. The van der Waals surface area contributed by atoms with Gasteiger partial charge in [0, 0.05) is 16.6 Å². The number of aryl methyl sites for hydroxylation is 1. The van der Waals surface area contributed by atoms with E-state index in [1.165, 1.54) is 24.3 Å². The van der Waals surface area contributed by atoms with Crippen molar-refractivity contribution < 1.29 is 30.4 Å². The first-order valence-electron chi connectivity index (χ1n) is 7.62. The Morgan fingerprint density at radius 2 is 1.85 bits per heavy atom. The molecule has 3 rings (SSSR count). The number of hydrogen-bond acceptors (Lipinski definition) is 4. The Kier molecular flexibility index (Phi) is 4.64. The zero-order chi connectivity index (χ0) is 20.0. The lowest BCUT2D eigenvalue weighted by Gasteiger charge is -2.14. The van der Waals surface area contributed by atoms with E-state index in [4.69, 9.17) is 9.56 Å². The molecular formula is C17H14F4N2O3S. The fourth-order valence-electron chi connectivity index (χ4n) is 2.70. The van der Waals surface area contributed by atoms with Crippen LogP contribution in [0.5, 0.6) is 0 Å². The Balaban J connectivity index is 1.92. The third-order valence-corrected chi connectivity index (χ3v) is 5.01. The smallest absolute Gasteiger partial charge is 0.417 e. The molecule has 0 radical (unpaired) electrons. The molecule has 0 unspecified atom stereocenters. The average Bonchev–Trinajstić information content (AvgIpc) is 2.87. The van der Waals surface area contributed by atoms with E-state index in [0.29, 0.717) is 28.4 Å². The van der Waals surface area contributed by atoms with E-state index >= 15 is 0 Å². The topological polar surface area (TPSA) is 85.3 Å². The first-order valence-corrected chi connectivity index (χ1v) is 9.17. The van der Waals surface area contributed by atoms with Crippen molar-refractivity contribution in [3.8, 4) is 0 Å². The fraction of sp³-hybridized carbons (Fsp3) is 0.176. The van der Waals surface area contributed by atoms with Gasteiger partial charge in [-0.2, -0.15) is 13.2 Å². The van der Waals surface area contributed by atoms with Crippen molar-refractivity contribution in [3.63, 3.8) is 0 Å². The van der Waals surface area contributed by atoms with Gasteiger partial charge in [-0.1, -0.05) is 0 Å². The highest BCUT2D eigenvalue weighted by Gasteiger charge is 2.36. The lowest BCUT2D eigenvalue weighted by molar-refractivity contribution is -0.139. The maximum absolute atomic E-state index is 13.3. The summed E-state index contributed by atoms with van der Waals surface area (Å²) in [5.74, 6) is -0.0148. The molecule has 1 heterocycles. The van der Waals surface area contributed by atoms with Gasteiger partial charge in [0.2, 0.25) is 10.0 Å². The number of halogens is 4. The van der Waals surface area contributed by atoms with E-state index < -0.39 is 32.5 Å². The summed E-state index contributed by atoms with van der Waals surface area (Å²) in [5.41, 5.74) is -0.236. The Morgan fingerprint density at radius 3 is 2.48 bits per heavy atom. The molecule has 2 aromatic carbocycles. The number of benzene rings is 2. The zero-order valence-corrected chi connectivity index (χ0v) is 14.7. The quantitative estimate of drug-likeness (QED) is 0.642. The molecule has 0 aliphatic carbocycles. The van der Waals surface area contributed by atoms with Gasteiger partial charge in [0.15, 0.2) is 0 Å². The maximum atomic E-state index is 13.3. The largest absolute Gasteiger partial charge is 0.459 e. The van der Waals surface area contributed by atoms with Crippen LogP contribution in [0.1, 0.15) is 16.9 Å². The SMILES string of the molecule is Cc1c(CNc2ccc(S(N)(=O)=O)c(C(F)(F)F)c2)oc2ccc(F)cc12. The summed E-state index contributed by atoms with van der Waals surface area (Å²) in [6.07, 6.45) is -4.90. The number of nitrogens with two attached hydrogens (primary N) is 1. The second kappa shape index (κ2) is 6.54. The van der Waals surface area contributed by atoms with Crippen LogP contribution in [0.25, 0.3) is 11.0 Å². The van der Waals surface area contributed by atoms with Crippen molar-refractivity contribution >= 4 is 26.7 Å². The fourth-order valence-corrected chi connectivity index (χ4v) is 3.44. The summed E-state index contributed by atoms with van der Waals surface area (Å²) in [6, 6.07) is 6.64. The summed E-state index contributed by atoms with van der Waals surface area (Å²) in [5, 5.41) is 8.16. The highest BCUT2D eigenvalue weighted by Crippen LogP contribution is 2.36. The lowest BCUT2D eigenvalue weighted by atomic mass is 10.1. The van der Waals surface area contributed by atoms with Gasteiger partial charge in [-0.05, 0) is 43.3 Å². The minimum absolute atomic E-state index is 0.0220. The van der Waals surface area contributed by atoms with Crippen LogP contribution in [-0.4, -0.2) is 8.42 Å². The van der Waals surface area contributed by atoms with Crippen LogP contribution >= 0.6 is 0 Å². The van der Waals surface area contributed by atoms with Crippen molar-refractivity contribution in [2.75, 3.05) is 5.32 Å². The molecule has 1 aromatic heterocycles. The van der Waals surface area contributed by atoms with Crippen molar-refractivity contribution in [3.05, 3.63) is 59.1 Å². The molecule has 0 aliphatic rings. The standard InChI is InChI=1S/C17H14F4N2O3S/c1-9-12-6-10(18)2-4-14(12)26-15(9)8-23-11-3-5-16(27(22,24)25)13(7-11)17(19,20)21/h2-7,23H,8H2,1H3,(H2,22,24,25). The van der Waals surface area contributed by atoms with Gasteiger partial charge in [-0.3, -0.25) is 0 Å². The Bertz CT molecular complexity index is 1120.